The Balaban J connectivity index is 1.85. The van der Waals surface area contributed by atoms with Crippen LogP contribution in [-0.4, -0.2) is 17.6 Å². The van der Waals surface area contributed by atoms with Crippen molar-refractivity contribution in [3.05, 3.63) is 94.1 Å². The molecule has 0 aliphatic carbocycles. The molecule has 0 fully saturated rings. The number of phenols is 1. The van der Waals surface area contributed by atoms with Crippen LogP contribution in [0.3, 0.4) is 0 Å². The Morgan fingerprint density at radius 3 is 2.38 bits per heavy atom. The third-order valence-corrected chi connectivity index (χ3v) is 4.87. The third-order valence-electron chi connectivity index (χ3n) is 4.87. The maximum Gasteiger partial charge on any atom is 0.266 e. The minimum atomic E-state index is -0.518. The highest BCUT2D eigenvalue weighted by Crippen LogP contribution is 2.26. The molecule has 0 saturated heterocycles. The lowest BCUT2D eigenvalue weighted by Gasteiger charge is -2.13. The molecule has 0 heterocycles. The van der Waals surface area contributed by atoms with Gasteiger partial charge in [0.05, 0.1) is 6.61 Å². The van der Waals surface area contributed by atoms with Gasteiger partial charge in [-0.05, 0) is 73.9 Å². The van der Waals surface area contributed by atoms with Crippen molar-refractivity contribution in [2.75, 3.05) is 11.9 Å². The van der Waals surface area contributed by atoms with Crippen LogP contribution in [0.25, 0.3) is 6.08 Å². The Morgan fingerprint density at radius 1 is 1.06 bits per heavy atom. The fraction of sp³-hybridized carbons (Fsp3) is 0.185. The summed E-state index contributed by atoms with van der Waals surface area (Å²) in [5, 5.41) is 21.5. The standard InChI is InChI=1S/C27H26N2O3/c1-4-32-26-16-20(5-6-22(26)15-21-12-18(2)11-19(3)13-21)14-23(17-28)27(31)29-24-7-9-25(30)10-8-24/h5-14,16,30H,4,15H2,1-3H3,(H,29,31)/b23-14+. The summed E-state index contributed by atoms with van der Waals surface area (Å²) in [7, 11) is 0. The summed E-state index contributed by atoms with van der Waals surface area (Å²) in [6, 6.07) is 20.2. The van der Waals surface area contributed by atoms with Crippen molar-refractivity contribution in [2.24, 2.45) is 0 Å². The highest BCUT2D eigenvalue weighted by atomic mass is 16.5. The topological polar surface area (TPSA) is 82.3 Å². The second-order valence-electron chi connectivity index (χ2n) is 7.64. The van der Waals surface area contributed by atoms with E-state index in [0.717, 1.165) is 17.7 Å². The first-order chi connectivity index (χ1) is 15.4. The van der Waals surface area contributed by atoms with Gasteiger partial charge in [0.25, 0.3) is 5.91 Å². The van der Waals surface area contributed by atoms with E-state index in [4.69, 9.17) is 4.74 Å². The molecular formula is C27H26N2O3. The SMILES string of the molecule is CCOc1cc(/C=C(\C#N)C(=O)Nc2ccc(O)cc2)ccc1Cc1cc(C)cc(C)c1. The third kappa shape index (κ3) is 5.99. The monoisotopic (exact) mass is 426 g/mol. The molecule has 0 atom stereocenters. The molecule has 0 aliphatic rings. The molecule has 3 aromatic carbocycles. The summed E-state index contributed by atoms with van der Waals surface area (Å²) >= 11 is 0. The molecular weight excluding hydrogens is 400 g/mol. The van der Waals surface area contributed by atoms with Crippen molar-refractivity contribution in [3.63, 3.8) is 0 Å². The Kier molecular flexibility index (Phi) is 7.30. The normalized spacial score (nSPS) is 11.0. The van der Waals surface area contributed by atoms with E-state index in [1.54, 1.807) is 18.2 Å². The van der Waals surface area contributed by atoms with Gasteiger partial charge in [-0.2, -0.15) is 5.26 Å². The number of rotatable bonds is 7. The number of amides is 1. The van der Waals surface area contributed by atoms with Crippen LogP contribution in [0.15, 0.2) is 66.2 Å². The molecule has 32 heavy (non-hydrogen) atoms. The Hall–Kier alpha value is -4.04. The van der Waals surface area contributed by atoms with Crippen molar-refractivity contribution in [2.45, 2.75) is 27.2 Å². The number of carbonyl (C=O) groups is 1. The van der Waals surface area contributed by atoms with Gasteiger partial charge in [0, 0.05) is 12.1 Å². The second-order valence-corrected chi connectivity index (χ2v) is 7.64. The van der Waals surface area contributed by atoms with Crippen molar-refractivity contribution in [1.82, 2.24) is 0 Å². The summed E-state index contributed by atoms with van der Waals surface area (Å²) < 4.78 is 5.86. The highest BCUT2D eigenvalue weighted by molar-refractivity contribution is 6.09. The molecule has 3 aromatic rings. The maximum atomic E-state index is 12.5. The summed E-state index contributed by atoms with van der Waals surface area (Å²) in [6.07, 6.45) is 2.27. The van der Waals surface area contributed by atoms with Crippen molar-refractivity contribution in [3.8, 4) is 17.6 Å². The lowest BCUT2D eigenvalue weighted by atomic mass is 9.98. The Morgan fingerprint density at radius 2 is 1.75 bits per heavy atom. The van der Waals surface area contributed by atoms with Gasteiger partial charge >= 0.3 is 0 Å². The first-order valence-electron chi connectivity index (χ1n) is 10.4. The zero-order chi connectivity index (χ0) is 23.1. The second kappa shape index (κ2) is 10.3. The van der Waals surface area contributed by atoms with Crippen molar-refractivity contribution in [1.29, 1.82) is 5.26 Å². The Bertz CT molecular complexity index is 1170. The van der Waals surface area contributed by atoms with Crippen LogP contribution in [0.2, 0.25) is 0 Å². The number of ether oxygens (including phenoxy) is 1. The number of aryl methyl sites for hydroxylation is 2. The van der Waals surface area contributed by atoms with E-state index in [-0.39, 0.29) is 11.3 Å². The predicted octanol–water partition coefficient (Wildman–Crippen LogP) is 5.54. The van der Waals surface area contributed by atoms with Gasteiger partial charge < -0.3 is 15.2 Å². The molecule has 5 heteroatoms. The summed E-state index contributed by atoms with van der Waals surface area (Å²) in [4.78, 5) is 12.5. The minimum Gasteiger partial charge on any atom is -0.508 e. The summed E-state index contributed by atoms with van der Waals surface area (Å²) in [5.41, 5.74) is 5.86. The van der Waals surface area contributed by atoms with Gasteiger partial charge in [0.2, 0.25) is 0 Å². The van der Waals surface area contributed by atoms with E-state index in [9.17, 15) is 15.2 Å². The molecule has 5 nitrogen and oxygen atoms in total. The average Bonchev–Trinajstić information content (AvgIpc) is 2.74. The fourth-order valence-electron chi connectivity index (χ4n) is 3.55. The van der Waals surface area contributed by atoms with E-state index < -0.39 is 5.91 Å². The zero-order valence-electron chi connectivity index (χ0n) is 18.5. The molecule has 2 N–H and O–H groups in total. The molecule has 162 valence electrons. The fourth-order valence-corrected chi connectivity index (χ4v) is 3.55. The van der Waals surface area contributed by atoms with Gasteiger partial charge in [-0.3, -0.25) is 4.79 Å². The quantitative estimate of drug-likeness (QED) is 0.295. The maximum absolute atomic E-state index is 12.5. The van der Waals surface area contributed by atoms with Crippen LogP contribution in [0.5, 0.6) is 11.5 Å². The largest absolute Gasteiger partial charge is 0.508 e. The molecule has 1 amide bonds. The molecule has 0 saturated carbocycles. The average molecular weight is 427 g/mol. The number of aromatic hydroxyl groups is 1. The van der Waals surface area contributed by atoms with Crippen LogP contribution >= 0.6 is 0 Å². The van der Waals surface area contributed by atoms with E-state index in [0.29, 0.717) is 17.9 Å². The molecule has 0 aliphatic heterocycles. The molecule has 0 unspecified atom stereocenters. The van der Waals surface area contributed by atoms with Crippen LogP contribution in [0.1, 0.15) is 34.7 Å². The van der Waals surface area contributed by atoms with E-state index in [1.807, 2.05) is 31.2 Å². The zero-order valence-corrected chi connectivity index (χ0v) is 18.5. The van der Waals surface area contributed by atoms with Crippen molar-refractivity contribution >= 4 is 17.7 Å². The smallest absolute Gasteiger partial charge is 0.266 e. The molecule has 0 bridgehead atoms. The number of phenolic OH excluding ortho intramolecular Hbond substituents is 1. The van der Waals surface area contributed by atoms with E-state index in [1.165, 1.54) is 28.8 Å². The number of carbonyl (C=O) groups excluding carboxylic acids is 1. The van der Waals surface area contributed by atoms with E-state index in [2.05, 4.69) is 37.4 Å². The van der Waals surface area contributed by atoms with Crippen molar-refractivity contribution < 1.29 is 14.6 Å². The van der Waals surface area contributed by atoms with Crippen LogP contribution in [0.4, 0.5) is 5.69 Å². The number of nitrogens with one attached hydrogen (secondary N) is 1. The van der Waals surface area contributed by atoms with Gasteiger partial charge in [-0.15, -0.1) is 0 Å². The lowest BCUT2D eigenvalue weighted by Crippen LogP contribution is -2.13. The van der Waals surface area contributed by atoms with Gasteiger partial charge in [0.15, 0.2) is 0 Å². The molecule has 0 radical (unpaired) electrons. The summed E-state index contributed by atoms with van der Waals surface area (Å²) in [5.74, 6) is 0.315. The highest BCUT2D eigenvalue weighted by Gasteiger charge is 2.12. The summed E-state index contributed by atoms with van der Waals surface area (Å²) in [6.45, 7) is 6.61. The lowest BCUT2D eigenvalue weighted by molar-refractivity contribution is -0.112. The number of anilines is 1. The van der Waals surface area contributed by atoms with Crippen LogP contribution in [-0.2, 0) is 11.2 Å². The number of hydrogen-bond acceptors (Lipinski definition) is 4. The van der Waals surface area contributed by atoms with Gasteiger partial charge in [0.1, 0.15) is 23.1 Å². The first-order valence-corrected chi connectivity index (χ1v) is 10.4. The number of hydrogen-bond donors (Lipinski definition) is 2. The van der Waals surface area contributed by atoms with Gasteiger partial charge in [-0.25, -0.2) is 0 Å². The number of benzene rings is 3. The molecule has 0 aromatic heterocycles. The van der Waals surface area contributed by atoms with Crippen LogP contribution < -0.4 is 10.1 Å². The number of nitriles is 1. The number of nitrogens with zero attached hydrogens (tertiary/aromatic N) is 1. The minimum absolute atomic E-state index is 0.0254. The van der Waals surface area contributed by atoms with Gasteiger partial charge in [-0.1, -0.05) is 41.5 Å². The molecule has 0 spiro atoms. The first kappa shape index (κ1) is 22.6. The predicted molar refractivity (Wildman–Crippen MR) is 127 cm³/mol. The van der Waals surface area contributed by atoms with Crippen LogP contribution in [0, 0.1) is 25.2 Å². The molecule has 3 rings (SSSR count). The van der Waals surface area contributed by atoms with E-state index >= 15 is 0 Å². The Labute approximate surface area is 188 Å².